The van der Waals surface area contributed by atoms with Crippen molar-refractivity contribution in [2.45, 2.75) is 6.92 Å². The van der Waals surface area contributed by atoms with Crippen LogP contribution in [0.5, 0.6) is 11.5 Å². The number of hydrogen-bond acceptors (Lipinski definition) is 5. The van der Waals surface area contributed by atoms with E-state index in [1.54, 1.807) is 50.6 Å². The first kappa shape index (κ1) is 17.1. The molecule has 0 radical (unpaired) electrons. The number of amides is 2. The highest BCUT2D eigenvalue weighted by atomic mass is 32.2. The number of carbonyl (C=O) groups excluding carboxylic acids is 2. The van der Waals surface area contributed by atoms with Crippen molar-refractivity contribution in [2.24, 2.45) is 0 Å². The van der Waals surface area contributed by atoms with Gasteiger partial charge < -0.3 is 9.47 Å². The Kier molecular flexibility index (Phi) is 4.81. The molecule has 1 aliphatic rings. The minimum absolute atomic E-state index is 0.305. The van der Waals surface area contributed by atoms with Gasteiger partial charge in [0.2, 0.25) is 0 Å². The molecule has 1 fully saturated rings. The highest BCUT2D eigenvalue weighted by molar-refractivity contribution is 8.19. The fraction of sp³-hybridized carbons (Fsp3) is 0.158. The van der Waals surface area contributed by atoms with Crippen LogP contribution in [0, 0.1) is 6.92 Å². The Labute approximate surface area is 150 Å². The van der Waals surface area contributed by atoms with Gasteiger partial charge in [0.05, 0.1) is 24.8 Å². The molecule has 6 heteroatoms. The molecule has 0 spiro atoms. The van der Waals surface area contributed by atoms with Gasteiger partial charge in [-0.05, 0) is 54.6 Å². The lowest BCUT2D eigenvalue weighted by atomic mass is 10.1. The Balaban J connectivity index is 1.91. The van der Waals surface area contributed by atoms with Gasteiger partial charge in [0.25, 0.3) is 11.1 Å². The number of benzene rings is 2. The predicted molar refractivity (Wildman–Crippen MR) is 99.2 cm³/mol. The zero-order valence-electron chi connectivity index (χ0n) is 14.1. The van der Waals surface area contributed by atoms with E-state index in [4.69, 9.17) is 9.47 Å². The maximum Gasteiger partial charge on any atom is 0.298 e. The third-order valence-electron chi connectivity index (χ3n) is 3.79. The molecule has 0 saturated carbocycles. The summed E-state index contributed by atoms with van der Waals surface area (Å²) >= 11 is 0.926. The van der Waals surface area contributed by atoms with Crippen LogP contribution in [0.2, 0.25) is 0 Å². The molecule has 0 aromatic heterocycles. The van der Waals surface area contributed by atoms with Crippen LogP contribution >= 0.6 is 11.8 Å². The summed E-state index contributed by atoms with van der Waals surface area (Å²) in [5, 5.41) is -0.305. The number of ether oxygens (including phenoxy) is 2. The normalized spacial score (nSPS) is 15.8. The van der Waals surface area contributed by atoms with E-state index in [2.05, 4.69) is 0 Å². The zero-order valence-corrected chi connectivity index (χ0v) is 14.9. The molecular weight excluding hydrogens is 338 g/mol. The van der Waals surface area contributed by atoms with Crippen molar-refractivity contribution in [1.29, 1.82) is 0 Å². The molecule has 25 heavy (non-hydrogen) atoms. The summed E-state index contributed by atoms with van der Waals surface area (Å²) in [4.78, 5) is 26.5. The van der Waals surface area contributed by atoms with Crippen molar-refractivity contribution in [3.05, 3.63) is 58.5 Å². The van der Waals surface area contributed by atoms with Gasteiger partial charge in [-0.3, -0.25) is 9.59 Å². The third kappa shape index (κ3) is 3.39. The van der Waals surface area contributed by atoms with Gasteiger partial charge in [-0.1, -0.05) is 23.8 Å². The molecule has 3 rings (SSSR count). The van der Waals surface area contributed by atoms with E-state index in [0.29, 0.717) is 22.1 Å². The molecule has 0 bridgehead atoms. The molecule has 0 atom stereocenters. The van der Waals surface area contributed by atoms with Crippen LogP contribution in [-0.2, 0) is 4.79 Å². The first-order valence-corrected chi connectivity index (χ1v) is 8.42. The minimum Gasteiger partial charge on any atom is -0.493 e. The van der Waals surface area contributed by atoms with E-state index < -0.39 is 0 Å². The van der Waals surface area contributed by atoms with Crippen molar-refractivity contribution >= 4 is 34.7 Å². The van der Waals surface area contributed by atoms with Crippen LogP contribution in [0.15, 0.2) is 47.4 Å². The average molecular weight is 355 g/mol. The van der Waals surface area contributed by atoms with Gasteiger partial charge in [-0.25, -0.2) is 4.90 Å². The highest BCUT2D eigenvalue weighted by Gasteiger charge is 2.36. The molecule has 2 aromatic carbocycles. The summed E-state index contributed by atoms with van der Waals surface area (Å²) in [6, 6.07) is 12.6. The Bertz CT molecular complexity index is 858. The number of thioether (sulfide) groups is 1. The van der Waals surface area contributed by atoms with Crippen LogP contribution < -0.4 is 14.4 Å². The maximum absolute atomic E-state index is 12.6. The first-order chi connectivity index (χ1) is 12.0. The second kappa shape index (κ2) is 7.03. The van der Waals surface area contributed by atoms with Gasteiger partial charge in [0.15, 0.2) is 11.5 Å². The number of methoxy groups -OCH3 is 2. The standard InChI is InChI=1S/C19H17NO4S/c1-12-4-7-14(8-5-12)20-18(21)17(25-19(20)22)11-13-6-9-15(23-2)16(10-13)24-3/h4-11H,1-3H3/b17-11+. The molecular formula is C19H17NO4S. The number of rotatable bonds is 4. The van der Waals surface area contributed by atoms with Gasteiger partial charge in [0, 0.05) is 0 Å². The minimum atomic E-state index is -0.325. The largest absolute Gasteiger partial charge is 0.493 e. The van der Waals surface area contributed by atoms with Gasteiger partial charge in [-0.15, -0.1) is 0 Å². The number of nitrogens with zero attached hydrogens (tertiary/aromatic N) is 1. The molecule has 2 amide bonds. The van der Waals surface area contributed by atoms with Gasteiger partial charge in [-0.2, -0.15) is 0 Å². The van der Waals surface area contributed by atoms with Crippen LogP contribution in [0.25, 0.3) is 6.08 Å². The van der Waals surface area contributed by atoms with Crippen molar-refractivity contribution in [3.8, 4) is 11.5 Å². The lowest BCUT2D eigenvalue weighted by Gasteiger charge is -2.12. The molecule has 128 valence electrons. The second-order valence-corrected chi connectivity index (χ2v) is 6.46. The van der Waals surface area contributed by atoms with E-state index in [0.717, 1.165) is 22.9 Å². The molecule has 5 nitrogen and oxygen atoms in total. The molecule has 1 heterocycles. The predicted octanol–water partition coefficient (Wildman–Crippen LogP) is 4.25. The van der Waals surface area contributed by atoms with E-state index in [9.17, 15) is 9.59 Å². The SMILES string of the molecule is COc1ccc(/C=C2/SC(=O)N(c3ccc(C)cc3)C2=O)cc1OC. The summed E-state index contributed by atoms with van der Waals surface area (Å²) in [6.45, 7) is 1.95. The molecule has 1 aliphatic heterocycles. The fourth-order valence-corrected chi connectivity index (χ4v) is 3.32. The summed E-state index contributed by atoms with van der Waals surface area (Å²) in [5.74, 6) is 0.843. The first-order valence-electron chi connectivity index (χ1n) is 7.60. The van der Waals surface area contributed by atoms with E-state index in [1.165, 1.54) is 4.90 Å². The summed E-state index contributed by atoms with van der Waals surface area (Å²) < 4.78 is 10.5. The van der Waals surface area contributed by atoms with Crippen molar-refractivity contribution < 1.29 is 19.1 Å². The summed E-state index contributed by atoms with van der Waals surface area (Å²) in [6.07, 6.45) is 1.68. The van der Waals surface area contributed by atoms with Crippen molar-refractivity contribution in [2.75, 3.05) is 19.1 Å². The Morgan fingerprint density at radius 1 is 0.960 bits per heavy atom. The van der Waals surface area contributed by atoms with E-state index in [-0.39, 0.29) is 11.1 Å². The van der Waals surface area contributed by atoms with E-state index >= 15 is 0 Å². The van der Waals surface area contributed by atoms with Gasteiger partial charge >= 0.3 is 0 Å². The van der Waals surface area contributed by atoms with Gasteiger partial charge in [0.1, 0.15) is 0 Å². The van der Waals surface area contributed by atoms with Crippen molar-refractivity contribution in [3.63, 3.8) is 0 Å². The molecule has 0 aliphatic carbocycles. The smallest absolute Gasteiger partial charge is 0.298 e. The lowest BCUT2D eigenvalue weighted by molar-refractivity contribution is -0.113. The number of aryl methyl sites for hydroxylation is 1. The average Bonchev–Trinajstić information content (AvgIpc) is 2.89. The monoisotopic (exact) mass is 355 g/mol. The van der Waals surface area contributed by atoms with Crippen LogP contribution in [-0.4, -0.2) is 25.4 Å². The quantitative estimate of drug-likeness (QED) is 0.767. The van der Waals surface area contributed by atoms with Crippen LogP contribution in [0.3, 0.4) is 0 Å². The third-order valence-corrected chi connectivity index (χ3v) is 4.66. The Morgan fingerprint density at radius 2 is 1.64 bits per heavy atom. The zero-order chi connectivity index (χ0) is 18.0. The summed E-state index contributed by atoms with van der Waals surface area (Å²) in [7, 11) is 3.11. The fourth-order valence-electron chi connectivity index (χ4n) is 2.48. The number of anilines is 1. The Hall–Kier alpha value is -2.73. The number of imide groups is 1. The topological polar surface area (TPSA) is 55.8 Å². The lowest BCUT2D eigenvalue weighted by Crippen LogP contribution is -2.27. The van der Waals surface area contributed by atoms with Crippen molar-refractivity contribution in [1.82, 2.24) is 0 Å². The molecule has 0 unspecified atom stereocenters. The van der Waals surface area contributed by atoms with E-state index in [1.807, 2.05) is 19.1 Å². The highest BCUT2D eigenvalue weighted by Crippen LogP contribution is 2.36. The van der Waals surface area contributed by atoms with Crippen LogP contribution in [0.1, 0.15) is 11.1 Å². The second-order valence-electron chi connectivity index (χ2n) is 5.47. The molecule has 2 aromatic rings. The van der Waals surface area contributed by atoms with Crippen LogP contribution in [0.4, 0.5) is 10.5 Å². The Morgan fingerprint density at radius 3 is 2.28 bits per heavy atom. The number of carbonyl (C=O) groups is 2. The summed E-state index contributed by atoms with van der Waals surface area (Å²) in [5.41, 5.74) is 2.40. The number of hydrogen-bond donors (Lipinski definition) is 0. The molecule has 1 saturated heterocycles. The maximum atomic E-state index is 12.6. The molecule has 0 N–H and O–H groups in total.